The Labute approximate surface area is 155 Å². The molecule has 0 aromatic carbocycles. The van der Waals surface area contributed by atoms with E-state index in [4.69, 9.17) is 19.3 Å². The number of allylic oxidation sites excluding steroid dienone is 1. The van der Waals surface area contributed by atoms with Crippen LogP contribution in [0.15, 0.2) is 47.0 Å². The predicted octanol–water partition coefficient (Wildman–Crippen LogP) is 0.458. The van der Waals surface area contributed by atoms with E-state index in [0.717, 1.165) is 0 Å². The van der Waals surface area contributed by atoms with Crippen molar-refractivity contribution in [3.05, 3.63) is 47.0 Å². The zero-order valence-electron chi connectivity index (χ0n) is 15.0. The van der Waals surface area contributed by atoms with Gasteiger partial charge in [0.2, 0.25) is 5.78 Å². The minimum Gasteiger partial charge on any atom is -0.479 e. The molecule has 2 N–H and O–H groups in total. The van der Waals surface area contributed by atoms with Gasteiger partial charge in [-0.15, -0.1) is 0 Å². The molecule has 0 fully saturated rings. The lowest BCUT2D eigenvalue weighted by Crippen LogP contribution is -2.31. The van der Waals surface area contributed by atoms with Gasteiger partial charge in [0.15, 0.2) is 5.60 Å². The first-order valence-electron chi connectivity index (χ1n) is 8.44. The predicted molar refractivity (Wildman–Crippen MR) is 90.8 cm³/mol. The number of ketones is 1. The molecule has 8 heteroatoms. The van der Waals surface area contributed by atoms with Gasteiger partial charge in [-0.1, -0.05) is 13.5 Å². The highest BCUT2D eigenvalue weighted by Crippen LogP contribution is 2.41. The highest BCUT2D eigenvalue weighted by molar-refractivity contribution is 6.02. The zero-order chi connectivity index (χ0) is 19.9. The van der Waals surface area contributed by atoms with Crippen molar-refractivity contribution in [1.82, 2.24) is 0 Å². The summed E-state index contributed by atoms with van der Waals surface area (Å²) in [5.41, 5.74) is -1.37. The van der Waals surface area contributed by atoms with Crippen LogP contribution in [-0.2, 0) is 28.6 Å². The maximum atomic E-state index is 12.4. The van der Waals surface area contributed by atoms with E-state index in [1.54, 1.807) is 13.8 Å². The number of aliphatic hydroxyl groups is 2. The molecule has 8 nitrogen and oxygen atoms in total. The van der Waals surface area contributed by atoms with Gasteiger partial charge in [-0.3, -0.25) is 4.79 Å². The maximum Gasteiger partial charge on any atom is 0.342 e. The van der Waals surface area contributed by atoms with Crippen molar-refractivity contribution in [2.75, 3.05) is 13.2 Å². The van der Waals surface area contributed by atoms with Crippen molar-refractivity contribution in [3.63, 3.8) is 0 Å². The van der Waals surface area contributed by atoms with E-state index >= 15 is 0 Å². The molecule has 144 valence electrons. The minimum atomic E-state index is -1.36. The van der Waals surface area contributed by atoms with Crippen LogP contribution in [0.4, 0.5) is 0 Å². The summed E-state index contributed by atoms with van der Waals surface area (Å²) in [6.45, 7) is 5.56. The fourth-order valence-corrected chi connectivity index (χ4v) is 3.21. The molecule has 0 unspecified atom stereocenters. The average molecular weight is 376 g/mol. The van der Waals surface area contributed by atoms with Gasteiger partial charge >= 0.3 is 11.9 Å². The number of carbonyl (C=O) groups is 3. The average Bonchev–Trinajstić information content (AvgIpc) is 3.09. The summed E-state index contributed by atoms with van der Waals surface area (Å²) in [7, 11) is 0. The molecule has 3 aliphatic rings. The maximum absolute atomic E-state index is 12.4. The summed E-state index contributed by atoms with van der Waals surface area (Å²) in [6, 6.07) is 0. The van der Waals surface area contributed by atoms with Crippen LogP contribution in [0.2, 0.25) is 0 Å². The summed E-state index contributed by atoms with van der Waals surface area (Å²) in [5, 5.41) is 18.7. The molecule has 3 aliphatic heterocycles. The van der Waals surface area contributed by atoms with Crippen molar-refractivity contribution in [2.24, 2.45) is 5.92 Å². The highest BCUT2D eigenvalue weighted by Gasteiger charge is 2.46. The van der Waals surface area contributed by atoms with E-state index in [9.17, 15) is 19.5 Å². The Morgan fingerprint density at radius 2 is 2.11 bits per heavy atom. The third-order valence-electron chi connectivity index (χ3n) is 4.80. The number of fused-ring (bicyclic) bond motifs is 3. The van der Waals surface area contributed by atoms with Gasteiger partial charge in [-0.05, 0) is 13.3 Å². The second-order valence-electron chi connectivity index (χ2n) is 6.86. The van der Waals surface area contributed by atoms with Crippen molar-refractivity contribution in [3.8, 4) is 0 Å². The minimum absolute atomic E-state index is 0.0102. The molecule has 0 aliphatic carbocycles. The Morgan fingerprint density at radius 1 is 1.41 bits per heavy atom. The molecule has 0 amide bonds. The lowest BCUT2D eigenvalue weighted by molar-refractivity contribution is -0.143. The summed E-state index contributed by atoms with van der Waals surface area (Å²) in [6.07, 6.45) is 1.95. The number of rotatable bonds is 4. The Balaban J connectivity index is 2.11. The lowest BCUT2D eigenvalue weighted by atomic mass is 9.90. The molecular weight excluding hydrogens is 356 g/mol. The number of hydrogen-bond donors (Lipinski definition) is 2. The topological polar surface area (TPSA) is 119 Å². The van der Waals surface area contributed by atoms with E-state index in [0.29, 0.717) is 5.76 Å². The highest BCUT2D eigenvalue weighted by atomic mass is 16.6. The molecule has 3 rings (SSSR count). The van der Waals surface area contributed by atoms with Crippen LogP contribution < -0.4 is 0 Å². The van der Waals surface area contributed by atoms with Crippen molar-refractivity contribution in [1.29, 1.82) is 0 Å². The van der Waals surface area contributed by atoms with Crippen molar-refractivity contribution < 1.29 is 38.8 Å². The number of aliphatic hydroxyl groups excluding tert-OH is 2. The van der Waals surface area contributed by atoms with Crippen molar-refractivity contribution in [2.45, 2.75) is 32.0 Å². The molecule has 0 radical (unpaired) electrons. The fourth-order valence-electron chi connectivity index (χ4n) is 3.21. The summed E-state index contributed by atoms with van der Waals surface area (Å²) in [4.78, 5) is 36.7. The molecule has 27 heavy (non-hydrogen) atoms. The molecule has 0 saturated heterocycles. The summed E-state index contributed by atoms with van der Waals surface area (Å²) in [5.74, 6) is -1.80. The molecule has 0 aromatic rings. The first-order chi connectivity index (χ1) is 12.7. The Kier molecular flexibility index (Phi) is 4.79. The molecule has 0 aromatic heterocycles. The van der Waals surface area contributed by atoms with Crippen LogP contribution in [0.5, 0.6) is 0 Å². The van der Waals surface area contributed by atoms with Gasteiger partial charge in [-0.2, -0.15) is 0 Å². The van der Waals surface area contributed by atoms with Crippen LogP contribution in [0, 0.1) is 5.92 Å². The van der Waals surface area contributed by atoms with Crippen LogP contribution in [0.1, 0.15) is 20.3 Å². The molecule has 3 heterocycles. The van der Waals surface area contributed by atoms with Crippen LogP contribution >= 0.6 is 0 Å². The first-order valence-corrected chi connectivity index (χ1v) is 8.44. The third-order valence-corrected chi connectivity index (χ3v) is 4.80. The van der Waals surface area contributed by atoms with Crippen molar-refractivity contribution >= 4 is 17.7 Å². The zero-order valence-corrected chi connectivity index (χ0v) is 15.0. The van der Waals surface area contributed by atoms with E-state index in [2.05, 4.69) is 6.58 Å². The number of hydrogen-bond acceptors (Lipinski definition) is 8. The van der Waals surface area contributed by atoms with E-state index in [-0.39, 0.29) is 40.6 Å². The second kappa shape index (κ2) is 6.79. The largest absolute Gasteiger partial charge is 0.479 e. The van der Waals surface area contributed by atoms with Crippen LogP contribution in [0.25, 0.3) is 0 Å². The van der Waals surface area contributed by atoms with Gasteiger partial charge in [0, 0.05) is 23.6 Å². The SMILES string of the molecule is C=C(CO)C(=O)O[C@H]1C[C@H](C)C2=CC(=O)[C@](C)(C=C3OC(=O)C(CO)=C31)O2. The van der Waals surface area contributed by atoms with Crippen LogP contribution in [-0.4, -0.2) is 52.9 Å². The Bertz CT molecular complexity index is 831. The number of carbonyl (C=O) groups excluding carboxylic acids is 3. The molecule has 2 bridgehead atoms. The summed E-state index contributed by atoms with van der Waals surface area (Å²) < 4.78 is 16.5. The fraction of sp³-hybridized carbons (Fsp3) is 0.421. The van der Waals surface area contributed by atoms with E-state index in [1.165, 1.54) is 12.2 Å². The van der Waals surface area contributed by atoms with Gasteiger partial charge in [-0.25, -0.2) is 9.59 Å². The molecule has 0 saturated carbocycles. The van der Waals surface area contributed by atoms with Gasteiger partial charge in [0.05, 0.1) is 24.4 Å². The second-order valence-corrected chi connectivity index (χ2v) is 6.86. The standard InChI is InChI=1S/C19H20O8/c1-9-4-13(25-17(23)10(2)7-20)16-11(8-21)18(24)26-14(16)6-19(3)15(22)5-12(9)27-19/h5-6,9,13,20-21H,2,4,7-8H2,1,3H3/t9-,13-,19-/m0/s1. The quantitative estimate of drug-likeness (QED) is 0.536. The third kappa shape index (κ3) is 3.22. The normalized spacial score (nSPS) is 29.6. The van der Waals surface area contributed by atoms with Gasteiger partial charge in [0.1, 0.15) is 17.6 Å². The number of ether oxygens (including phenoxy) is 3. The summed E-state index contributed by atoms with van der Waals surface area (Å²) >= 11 is 0. The number of esters is 2. The van der Waals surface area contributed by atoms with Gasteiger partial charge in [0.25, 0.3) is 0 Å². The van der Waals surface area contributed by atoms with E-state index < -0.39 is 36.9 Å². The first kappa shape index (κ1) is 19.1. The molecular formula is C19H20O8. The molecule has 0 spiro atoms. The van der Waals surface area contributed by atoms with Crippen LogP contribution in [0.3, 0.4) is 0 Å². The monoisotopic (exact) mass is 376 g/mol. The smallest absolute Gasteiger partial charge is 0.342 e. The van der Waals surface area contributed by atoms with E-state index in [1.807, 2.05) is 0 Å². The molecule has 3 atom stereocenters. The Hall–Kier alpha value is -2.71. The Morgan fingerprint density at radius 3 is 2.74 bits per heavy atom. The lowest BCUT2D eigenvalue weighted by Gasteiger charge is -2.23. The van der Waals surface area contributed by atoms with Gasteiger partial charge < -0.3 is 24.4 Å².